The molecule has 1 amide bonds. The molecule has 134 valence electrons. The van der Waals surface area contributed by atoms with Crippen molar-refractivity contribution < 1.29 is 9.90 Å². The van der Waals surface area contributed by atoms with Crippen molar-refractivity contribution in [2.75, 3.05) is 11.9 Å². The van der Waals surface area contributed by atoms with Crippen LogP contribution in [-0.2, 0) is 17.4 Å². The number of anilines is 1. The molecule has 7 nitrogen and oxygen atoms in total. The molecule has 0 spiro atoms. The van der Waals surface area contributed by atoms with Gasteiger partial charge in [0.15, 0.2) is 5.13 Å². The summed E-state index contributed by atoms with van der Waals surface area (Å²) in [4.78, 5) is 23.3. The standard InChI is InChI=1S/C17H23N5O2S/c1-11-10-25-16(19-11)20-14(23)9-22-12-3-4-13(22)8-17(24,7-12)15-18-5-6-21(15)2/h5-6,10,12-13,24H,3-4,7-9H2,1-2H3,(H,19,20,23)/t12-,13-/m0/s1. The number of hydrogen-bond acceptors (Lipinski definition) is 6. The number of hydrogen-bond donors (Lipinski definition) is 2. The Bertz CT molecular complexity index is 772. The van der Waals surface area contributed by atoms with Crippen molar-refractivity contribution in [3.8, 4) is 0 Å². The van der Waals surface area contributed by atoms with Gasteiger partial charge in [-0.05, 0) is 32.6 Å². The van der Waals surface area contributed by atoms with Crippen molar-refractivity contribution in [1.82, 2.24) is 19.4 Å². The van der Waals surface area contributed by atoms with E-state index in [4.69, 9.17) is 0 Å². The Hall–Kier alpha value is -1.77. The first kappa shape index (κ1) is 16.7. The van der Waals surface area contributed by atoms with Gasteiger partial charge in [0, 0.05) is 36.9 Å². The zero-order valence-corrected chi connectivity index (χ0v) is 15.3. The van der Waals surface area contributed by atoms with Gasteiger partial charge in [0.25, 0.3) is 0 Å². The Morgan fingerprint density at radius 2 is 2.16 bits per heavy atom. The van der Waals surface area contributed by atoms with Crippen molar-refractivity contribution in [3.05, 3.63) is 29.3 Å². The summed E-state index contributed by atoms with van der Waals surface area (Å²) < 4.78 is 1.90. The van der Waals surface area contributed by atoms with Crippen LogP contribution >= 0.6 is 11.3 Å². The smallest absolute Gasteiger partial charge is 0.240 e. The Labute approximate surface area is 150 Å². The van der Waals surface area contributed by atoms with Crippen LogP contribution in [0.5, 0.6) is 0 Å². The van der Waals surface area contributed by atoms with Gasteiger partial charge in [-0.2, -0.15) is 0 Å². The summed E-state index contributed by atoms with van der Waals surface area (Å²) in [5, 5.41) is 16.6. The summed E-state index contributed by atoms with van der Waals surface area (Å²) in [5.74, 6) is 0.695. The minimum atomic E-state index is -0.899. The molecule has 0 saturated carbocycles. The number of piperidine rings is 1. The van der Waals surface area contributed by atoms with E-state index in [1.54, 1.807) is 6.20 Å². The van der Waals surface area contributed by atoms with Gasteiger partial charge in [0.1, 0.15) is 11.4 Å². The van der Waals surface area contributed by atoms with Crippen LogP contribution in [0.15, 0.2) is 17.8 Å². The maximum Gasteiger partial charge on any atom is 0.240 e. The monoisotopic (exact) mass is 361 g/mol. The lowest BCUT2D eigenvalue weighted by Gasteiger charge is -2.43. The number of imidazole rings is 1. The molecule has 0 radical (unpaired) electrons. The van der Waals surface area contributed by atoms with Crippen LogP contribution in [0, 0.1) is 6.92 Å². The van der Waals surface area contributed by atoms with Crippen LogP contribution < -0.4 is 5.32 Å². The van der Waals surface area contributed by atoms with Gasteiger partial charge in [0.05, 0.1) is 12.2 Å². The molecule has 2 fully saturated rings. The highest BCUT2D eigenvalue weighted by atomic mass is 32.1. The molecule has 0 aliphatic carbocycles. The Morgan fingerprint density at radius 3 is 2.72 bits per heavy atom. The molecule has 8 heteroatoms. The first-order chi connectivity index (χ1) is 11.9. The third-order valence-electron chi connectivity index (χ3n) is 5.35. The Morgan fingerprint density at radius 1 is 1.44 bits per heavy atom. The molecule has 0 unspecified atom stereocenters. The van der Waals surface area contributed by atoms with Crippen LogP contribution in [0.1, 0.15) is 37.2 Å². The zero-order chi connectivity index (χ0) is 17.6. The lowest BCUT2D eigenvalue weighted by atomic mass is 9.85. The third kappa shape index (κ3) is 3.09. The minimum absolute atomic E-state index is 0.0336. The van der Waals surface area contributed by atoms with Crippen molar-refractivity contribution in [1.29, 1.82) is 0 Å². The van der Waals surface area contributed by atoms with E-state index in [1.165, 1.54) is 11.3 Å². The van der Waals surface area contributed by atoms with E-state index in [2.05, 4.69) is 20.2 Å². The molecule has 4 heterocycles. The maximum atomic E-state index is 12.4. The van der Waals surface area contributed by atoms with Crippen LogP contribution in [0.3, 0.4) is 0 Å². The number of aryl methyl sites for hydroxylation is 2. The fourth-order valence-electron chi connectivity index (χ4n) is 4.31. The van der Waals surface area contributed by atoms with Crippen molar-refractivity contribution in [2.24, 2.45) is 7.05 Å². The Balaban J connectivity index is 1.44. The van der Waals surface area contributed by atoms with Gasteiger partial charge in [-0.15, -0.1) is 11.3 Å². The summed E-state index contributed by atoms with van der Waals surface area (Å²) in [6.07, 6.45) is 6.87. The number of carbonyl (C=O) groups excluding carboxylic acids is 1. The van der Waals surface area contributed by atoms with Crippen molar-refractivity contribution in [3.63, 3.8) is 0 Å². The molecular formula is C17H23N5O2S. The van der Waals surface area contributed by atoms with E-state index in [0.29, 0.717) is 24.5 Å². The summed E-state index contributed by atoms with van der Waals surface area (Å²) in [7, 11) is 1.91. The molecule has 2 atom stereocenters. The number of nitrogens with zero attached hydrogens (tertiary/aromatic N) is 4. The van der Waals surface area contributed by atoms with Crippen LogP contribution in [-0.4, -0.2) is 49.1 Å². The predicted octanol–water partition coefficient (Wildman–Crippen LogP) is 1.64. The van der Waals surface area contributed by atoms with E-state index in [9.17, 15) is 9.90 Å². The summed E-state index contributed by atoms with van der Waals surface area (Å²) in [5.41, 5.74) is 0.0159. The highest BCUT2D eigenvalue weighted by Crippen LogP contribution is 2.44. The SMILES string of the molecule is Cc1csc(NC(=O)CN2[C@H]3CC[C@H]2CC(O)(c2nccn2C)C3)n1. The summed E-state index contributed by atoms with van der Waals surface area (Å²) in [6, 6.07) is 0.425. The first-order valence-electron chi connectivity index (χ1n) is 8.62. The zero-order valence-electron chi connectivity index (χ0n) is 14.5. The second kappa shape index (κ2) is 6.19. The van der Waals surface area contributed by atoms with E-state index in [0.717, 1.165) is 24.4 Å². The summed E-state index contributed by atoms with van der Waals surface area (Å²) in [6.45, 7) is 2.26. The summed E-state index contributed by atoms with van der Waals surface area (Å²) >= 11 is 1.44. The predicted molar refractivity (Wildman–Crippen MR) is 95.3 cm³/mol. The van der Waals surface area contributed by atoms with Gasteiger partial charge < -0.3 is 15.0 Å². The normalized spacial score (nSPS) is 29.1. The third-order valence-corrected chi connectivity index (χ3v) is 6.22. The Kier molecular flexibility index (Phi) is 4.13. The molecule has 2 bridgehead atoms. The molecule has 2 aliphatic rings. The van der Waals surface area contributed by atoms with Crippen LogP contribution in [0.2, 0.25) is 0 Å². The van der Waals surface area contributed by atoms with E-state index in [-0.39, 0.29) is 18.0 Å². The average molecular weight is 361 g/mol. The minimum Gasteiger partial charge on any atom is -0.382 e. The molecule has 2 aliphatic heterocycles. The topological polar surface area (TPSA) is 83.3 Å². The highest BCUT2D eigenvalue weighted by Gasteiger charge is 2.50. The number of aliphatic hydroxyl groups is 1. The van der Waals surface area contributed by atoms with Crippen LogP contribution in [0.25, 0.3) is 0 Å². The van der Waals surface area contributed by atoms with Gasteiger partial charge in [0.2, 0.25) is 5.91 Å². The first-order valence-corrected chi connectivity index (χ1v) is 9.50. The van der Waals surface area contributed by atoms with Gasteiger partial charge in [-0.25, -0.2) is 9.97 Å². The van der Waals surface area contributed by atoms with Gasteiger partial charge >= 0.3 is 0 Å². The molecule has 25 heavy (non-hydrogen) atoms. The van der Waals surface area contributed by atoms with E-state index in [1.807, 2.05) is 30.1 Å². The molecule has 2 aromatic rings. The quantitative estimate of drug-likeness (QED) is 0.865. The molecule has 4 rings (SSSR count). The van der Waals surface area contributed by atoms with E-state index < -0.39 is 5.60 Å². The lowest BCUT2D eigenvalue weighted by Crippen LogP contribution is -2.52. The second-order valence-corrected chi connectivity index (χ2v) is 8.06. The number of amides is 1. The number of fused-ring (bicyclic) bond motifs is 2. The molecule has 0 aromatic carbocycles. The number of aromatic nitrogens is 3. The number of thiazole rings is 1. The van der Waals surface area contributed by atoms with Crippen LogP contribution in [0.4, 0.5) is 5.13 Å². The average Bonchev–Trinajstić information content (AvgIpc) is 3.21. The molecular weight excluding hydrogens is 338 g/mol. The fraction of sp³-hybridized carbons (Fsp3) is 0.588. The molecule has 2 saturated heterocycles. The fourth-order valence-corrected chi connectivity index (χ4v) is 5.01. The molecule has 2 N–H and O–H groups in total. The highest BCUT2D eigenvalue weighted by molar-refractivity contribution is 7.13. The van der Waals surface area contributed by atoms with Crippen molar-refractivity contribution in [2.45, 2.75) is 50.3 Å². The maximum absolute atomic E-state index is 12.4. The second-order valence-electron chi connectivity index (χ2n) is 7.20. The van der Waals surface area contributed by atoms with E-state index >= 15 is 0 Å². The number of nitrogens with one attached hydrogen (secondary N) is 1. The lowest BCUT2D eigenvalue weighted by molar-refractivity contribution is -0.121. The molecule has 2 aromatic heterocycles. The largest absolute Gasteiger partial charge is 0.382 e. The number of rotatable bonds is 4. The number of carbonyl (C=O) groups is 1. The van der Waals surface area contributed by atoms with Gasteiger partial charge in [-0.3, -0.25) is 9.69 Å². The van der Waals surface area contributed by atoms with Gasteiger partial charge in [-0.1, -0.05) is 0 Å². The van der Waals surface area contributed by atoms with Crippen molar-refractivity contribution >= 4 is 22.4 Å².